The summed E-state index contributed by atoms with van der Waals surface area (Å²) in [5.74, 6) is 0.628. The maximum Gasteiger partial charge on any atom is 0.312 e. The van der Waals surface area contributed by atoms with Gasteiger partial charge in [-0.3, -0.25) is 14.5 Å². The Morgan fingerprint density at radius 2 is 1.93 bits per heavy atom. The number of aromatic nitrogens is 2. The van der Waals surface area contributed by atoms with Crippen LogP contribution in [-0.2, 0) is 9.53 Å². The Morgan fingerprint density at radius 3 is 2.67 bits per heavy atom. The Balaban J connectivity index is 1.25. The van der Waals surface area contributed by atoms with E-state index in [0.29, 0.717) is 37.3 Å². The Morgan fingerprint density at radius 1 is 1.17 bits per heavy atom. The minimum atomic E-state index is -0.415. The quantitative estimate of drug-likeness (QED) is 0.787. The number of piperidine rings is 1. The van der Waals surface area contributed by atoms with Gasteiger partial charge < -0.3 is 14.6 Å². The van der Waals surface area contributed by atoms with Gasteiger partial charge in [0.25, 0.3) is 5.91 Å². The van der Waals surface area contributed by atoms with Gasteiger partial charge in [0.2, 0.25) is 0 Å². The molecular weight excluding hydrogens is 380 g/mol. The molecule has 0 saturated carbocycles. The zero-order chi connectivity index (χ0) is 20.6. The van der Waals surface area contributed by atoms with Gasteiger partial charge in [0, 0.05) is 44.0 Å². The molecule has 3 fully saturated rings. The van der Waals surface area contributed by atoms with Crippen molar-refractivity contribution in [1.29, 1.82) is 0 Å². The van der Waals surface area contributed by atoms with Crippen LogP contribution in [0.25, 0.3) is 11.4 Å². The summed E-state index contributed by atoms with van der Waals surface area (Å²) in [4.78, 5) is 37.7. The third-order valence-corrected chi connectivity index (χ3v) is 6.90. The van der Waals surface area contributed by atoms with Crippen LogP contribution in [0.4, 0.5) is 0 Å². The topological polar surface area (TPSA) is 78.5 Å². The van der Waals surface area contributed by atoms with E-state index in [2.05, 4.69) is 14.9 Å². The van der Waals surface area contributed by atoms with Crippen LogP contribution >= 0.6 is 0 Å². The van der Waals surface area contributed by atoms with E-state index in [-0.39, 0.29) is 18.0 Å². The molecule has 158 valence electrons. The predicted molar refractivity (Wildman–Crippen MR) is 112 cm³/mol. The van der Waals surface area contributed by atoms with E-state index in [9.17, 15) is 9.59 Å². The lowest BCUT2D eigenvalue weighted by Gasteiger charge is -2.36. The van der Waals surface area contributed by atoms with Gasteiger partial charge in [-0.15, -0.1) is 0 Å². The van der Waals surface area contributed by atoms with Crippen molar-refractivity contribution in [3.8, 4) is 11.4 Å². The molecule has 30 heavy (non-hydrogen) atoms. The summed E-state index contributed by atoms with van der Waals surface area (Å²) in [6, 6.07) is 7.55. The van der Waals surface area contributed by atoms with Gasteiger partial charge in [0.05, 0.1) is 11.0 Å². The highest BCUT2D eigenvalue weighted by molar-refractivity contribution is 6.00. The molecule has 1 atom stereocenters. The summed E-state index contributed by atoms with van der Waals surface area (Å²) in [6.07, 6.45) is 8.06. The highest BCUT2D eigenvalue weighted by atomic mass is 16.6. The normalized spacial score (nSPS) is 23.8. The van der Waals surface area contributed by atoms with Crippen LogP contribution in [0.15, 0.2) is 36.7 Å². The Kier molecular flexibility index (Phi) is 5.06. The second-order valence-electron chi connectivity index (χ2n) is 8.80. The zero-order valence-electron chi connectivity index (χ0n) is 17.2. The number of H-pyrrole nitrogens is 1. The Labute approximate surface area is 176 Å². The highest BCUT2D eigenvalue weighted by Gasteiger charge is 2.51. The average molecular weight is 409 g/mol. The first-order chi connectivity index (χ1) is 14.6. The van der Waals surface area contributed by atoms with Crippen LogP contribution in [0.5, 0.6) is 0 Å². The van der Waals surface area contributed by atoms with E-state index in [1.165, 1.54) is 12.8 Å². The number of nitrogens with one attached hydrogen (secondary N) is 1. The first-order valence-electron chi connectivity index (χ1n) is 11.0. The van der Waals surface area contributed by atoms with Gasteiger partial charge in [-0.25, -0.2) is 4.98 Å². The fourth-order valence-electron chi connectivity index (χ4n) is 5.20. The lowest BCUT2D eigenvalue weighted by molar-refractivity contribution is -0.150. The minimum Gasteiger partial charge on any atom is -0.461 e. The number of carbonyl (C=O) groups excluding carboxylic acids is 2. The summed E-state index contributed by atoms with van der Waals surface area (Å²) >= 11 is 0. The molecule has 5 rings (SSSR count). The number of esters is 1. The lowest BCUT2D eigenvalue weighted by Crippen LogP contribution is -2.45. The van der Waals surface area contributed by atoms with Crippen LogP contribution in [0, 0.1) is 5.41 Å². The van der Waals surface area contributed by atoms with Gasteiger partial charge in [0.15, 0.2) is 0 Å². The smallest absolute Gasteiger partial charge is 0.312 e. The molecule has 1 aromatic heterocycles. The van der Waals surface area contributed by atoms with Gasteiger partial charge in [-0.2, -0.15) is 0 Å². The first-order valence-corrected chi connectivity index (χ1v) is 11.0. The van der Waals surface area contributed by atoms with Crippen LogP contribution in [0.2, 0.25) is 0 Å². The maximum absolute atomic E-state index is 13.3. The molecule has 1 spiro atoms. The molecule has 1 unspecified atom stereocenters. The van der Waals surface area contributed by atoms with Crippen molar-refractivity contribution in [3.63, 3.8) is 0 Å². The van der Waals surface area contributed by atoms with Crippen molar-refractivity contribution in [2.24, 2.45) is 5.41 Å². The molecular formula is C23H28N4O3. The number of ether oxygens (including phenoxy) is 1. The largest absolute Gasteiger partial charge is 0.461 e. The molecule has 7 nitrogen and oxygen atoms in total. The summed E-state index contributed by atoms with van der Waals surface area (Å²) in [5, 5.41) is 0. The summed E-state index contributed by atoms with van der Waals surface area (Å²) in [5.41, 5.74) is 1.03. The summed E-state index contributed by atoms with van der Waals surface area (Å²) in [6.45, 7) is 4.23. The average Bonchev–Trinajstić information content (AvgIpc) is 3.52. The van der Waals surface area contributed by atoms with E-state index in [1.54, 1.807) is 12.4 Å². The van der Waals surface area contributed by atoms with Crippen LogP contribution in [0.3, 0.4) is 0 Å². The van der Waals surface area contributed by atoms with Crippen LogP contribution in [-0.4, -0.2) is 70.5 Å². The fraction of sp³-hybridized carbons (Fsp3) is 0.522. The first kappa shape index (κ1) is 19.3. The number of likely N-dealkylation sites (tertiary alicyclic amines) is 2. The number of benzene rings is 1. The molecule has 1 aromatic carbocycles. The number of aromatic amines is 1. The van der Waals surface area contributed by atoms with Crippen molar-refractivity contribution in [1.82, 2.24) is 19.8 Å². The number of nitrogens with zero attached hydrogens (tertiary/aromatic N) is 3. The van der Waals surface area contributed by atoms with E-state index in [0.717, 1.165) is 31.6 Å². The van der Waals surface area contributed by atoms with Crippen molar-refractivity contribution < 1.29 is 14.3 Å². The van der Waals surface area contributed by atoms with Gasteiger partial charge in [-0.1, -0.05) is 18.2 Å². The zero-order valence-corrected chi connectivity index (χ0v) is 17.2. The Hall–Kier alpha value is -2.67. The third kappa shape index (κ3) is 3.51. The van der Waals surface area contributed by atoms with E-state index in [1.807, 2.05) is 29.2 Å². The van der Waals surface area contributed by atoms with Crippen LogP contribution in [0.1, 0.15) is 42.5 Å². The van der Waals surface area contributed by atoms with Gasteiger partial charge >= 0.3 is 5.97 Å². The molecule has 7 heteroatoms. The fourth-order valence-corrected chi connectivity index (χ4v) is 5.20. The third-order valence-electron chi connectivity index (χ3n) is 6.90. The molecule has 1 amide bonds. The summed E-state index contributed by atoms with van der Waals surface area (Å²) in [7, 11) is 0. The molecule has 4 heterocycles. The SMILES string of the molecule is O=C(c1ccccc1-c1ncc[nH]1)N1CCC2(CC1)CC(CN1CCCC1)OC2=O. The minimum absolute atomic E-state index is 0.00229. The second-order valence-corrected chi connectivity index (χ2v) is 8.80. The number of hydrogen-bond acceptors (Lipinski definition) is 5. The molecule has 1 N–H and O–H groups in total. The maximum atomic E-state index is 13.3. The molecule has 0 radical (unpaired) electrons. The van der Waals surface area contributed by atoms with Crippen LogP contribution < -0.4 is 0 Å². The number of amides is 1. The van der Waals surface area contributed by atoms with E-state index in [4.69, 9.17) is 4.74 Å². The van der Waals surface area contributed by atoms with Gasteiger partial charge in [-0.05, 0) is 44.8 Å². The predicted octanol–water partition coefficient (Wildman–Crippen LogP) is 2.71. The van der Waals surface area contributed by atoms with E-state index < -0.39 is 5.41 Å². The van der Waals surface area contributed by atoms with Crippen molar-refractivity contribution in [3.05, 3.63) is 42.2 Å². The van der Waals surface area contributed by atoms with Gasteiger partial charge in [0.1, 0.15) is 11.9 Å². The lowest BCUT2D eigenvalue weighted by atomic mass is 9.76. The molecule has 0 bridgehead atoms. The van der Waals surface area contributed by atoms with E-state index >= 15 is 0 Å². The number of cyclic esters (lactones) is 1. The number of hydrogen-bond donors (Lipinski definition) is 1. The number of rotatable bonds is 4. The molecule has 3 saturated heterocycles. The molecule has 2 aromatic rings. The Bertz CT molecular complexity index is 912. The van der Waals surface area contributed by atoms with Crippen molar-refractivity contribution in [2.75, 3.05) is 32.7 Å². The highest BCUT2D eigenvalue weighted by Crippen LogP contribution is 2.43. The summed E-state index contributed by atoms with van der Waals surface area (Å²) < 4.78 is 5.77. The second kappa shape index (κ2) is 7.87. The molecule has 0 aliphatic carbocycles. The molecule has 3 aliphatic rings. The molecule has 3 aliphatic heterocycles. The standard InChI is InChI=1S/C23H28N4O3/c28-21(19-6-2-1-5-18(19)20-24-9-10-25-20)27-13-7-23(8-14-27)15-17(30-22(23)29)16-26-11-3-4-12-26/h1-2,5-6,9-10,17H,3-4,7-8,11-16H2,(H,24,25). The number of carbonyl (C=O) groups is 2. The van der Waals surface area contributed by atoms with Crippen molar-refractivity contribution >= 4 is 11.9 Å². The van der Waals surface area contributed by atoms with Crippen molar-refractivity contribution in [2.45, 2.75) is 38.2 Å². The number of imidazole rings is 1. The monoisotopic (exact) mass is 408 g/mol.